The number of sulfonamides is 1. The van der Waals surface area contributed by atoms with Gasteiger partial charge in [-0.05, 0) is 54.8 Å². The van der Waals surface area contributed by atoms with E-state index in [1.807, 2.05) is 6.07 Å². The van der Waals surface area contributed by atoms with Gasteiger partial charge in [-0.25, -0.2) is 12.7 Å². The van der Waals surface area contributed by atoms with Crippen LogP contribution in [0.2, 0.25) is 0 Å². The number of benzene rings is 2. The number of nitrogens with zero attached hydrogens (tertiary/aromatic N) is 1. The standard InChI is InChI=1S/C17H21NO2S2/c1-13-8-9-16(10-14(13)2)21-12-15-6-5-7-17(11-15)22(19,20)18(3)4/h5-11H,12H2,1-4H3. The van der Waals surface area contributed by atoms with Gasteiger partial charge in [-0.15, -0.1) is 11.8 Å². The molecule has 0 saturated heterocycles. The molecule has 0 saturated carbocycles. The van der Waals surface area contributed by atoms with Gasteiger partial charge in [0.1, 0.15) is 0 Å². The van der Waals surface area contributed by atoms with Crippen molar-refractivity contribution < 1.29 is 8.42 Å². The molecule has 0 heterocycles. The van der Waals surface area contributed by atoms with Crippen molar-refractivity contribution in [2.45, 2.75) is 29.4 Å². The van der Waals surface area contributed by atoms with Gasteiger partial charge in [0.2, 0.25) is 10.0 Å². The molecule has 2 aromatic rings. The van der Waals surface area contributed by atoms with Crippen LogP contribution in [0.4, 0.5) is 0 Å². The lowest BCUT2D eigenvalue weighted by Crippen LogP contribution is -2.22. The van der Waals surface area contributed by atoms with Crippen molar-refractivity contribution in [3.8, 4) is 0 Å². The molecule has 0 aliphatic carbocycles. The van der Waals surface area contributed by atoms with Crippen LogP contribution in [-0.2, 0) is 15.8 Å². The third-order valence-electron chi connectivity index (χ3n) is 3.56. The lowest BCUT2D eigenvalue weighted by molar-refractivity contribution is 0.520. The fraction of sp³-hybridized carbons (Fsp3) is 0.294. The van der Waals surface area contributed by atoms with Crippen molar-refractivity contribution in [3.63, 3.8) is 0 Å². The molecule has 0 unspecified atom stereocenters. The monoisotopic (exact) mass is 335 g/mol. The first-order valence-corrected chi connectivity index (χ1v) is 9.45. The van der Waals surface area contributed by atoms with Gasteiger partial charge in [0.15, 0.2) is 0 Å². The summed E-state index contributed by atoms with van der Waals surface area (Å²) in [5.41, 5.74) is 3.56. The minimum atomic E-state index is -3.37. The summed E-state index contributed by atoms with van der Waals surface area (Å²) < 4.78 is 25.6. The average Bonchev–Trinajstić information content (AvgIpc) is 2.48. The summed E-state index contributed by atoms with van der Waals surface area (Å²) in [6.07, 6.45) is 0. The average molecular weight is 335 g/mol. The molecule has 22 heavy (non-hydrogen) atoms. The minimum absolute atomic E-state index is 0.343. The number of hydrogen-bond donors (Lipinski definition) is 0. The Balaban J connectivity index is 2.16. The number of hydrogen-bond acceptors (Lipinski definition) is 3. The second-order valence-electron chi connectivity index (χ2n) is 5.47. The summed E-state index contributed by atoms with van der Waals surface area (Å²) in [6, 6.07) is 13.5. The normalized spacial score (nSPS) is 11.9. The van der Waals surface area contributed by atoms with Crippen LogP contribution < -0.4 is 0 Å². The van der Waals surface area contributed by atoms with E-state index < -0.39 is 10.0 Å². The zero-order valence-corrected chi connectivity index (χ0v) is 15.0. The van der Waals surface area contributed by atoms with Crippen LogP contribution in [0.3, 0.4) is 0 Å². The Morgan fingerprint density at radius 2 is 1.73 bits per heavy atom. The Morgan fingerprint density at radius 1 is 1.00 bits per heavy atom. The van der Waals surface area contributed by atoms with Crippen molar-refractivity contribution in [1.82, 2.24) is 4.31 Å². The Morgan fingerprint density at radius 3 is 2.36 bits per heavy atom. The first kappa shape index (κ1) is 17.1. The summed E-state index contributed by atoms with van der Waals surface area (Å²) in [4.78, 5) is 1.54. The second kappa shape index (κ2) is 6.86. The molecule has 0 N–H and O–H groups in total. The van der Waals surface area contributed by atoms with E-state index in [0.717, 1.165) is 11.3 Å². The van der Waals surface area contributed by atoms with Gasteiger partial charge in [-0.1, -0.05) is 18.2 Å². The lowest BCUT2D eigenvalue weighted by atomic mass is 10.1. The molecule has 0 amide bonds. The van der Waals surface area contributed by atoms with E-state index in [2.05, 4.69) is 32.0 Å². The Bertz CT molecular complexity index is 768. The van der Waals surface area contributed by atoms with Crippen LogP contribution in [-0.4, -0.2) is 26.8 Å². The molecule has 0 atom stereocenters. The molecule has 118 valence electrons. The Hall–Kier alpha value is -1.30. The number of thioether (sulfide) groups is 1. The smallest absolute Gasteiger partial charge is 0.207 e. The third-order valence-corrected chi connectivity index (χ3v) is 6.44. The zero-order valence-electron chi connectivity index (χ0n) is 13.3. The molecular formula is C17H21NO2S2. The maximum absolute atomic E-state index is 12.2. The van der Waals surface area contributed by atoms with Gasteiger partial charge < -0.3 is 0 Å². The third kappa shape index (κ3) is 3.91. The molecular weight excluding hydrogens is 314 g/mol. The zero-order chi connectivity index (χ0) is 16.3. The Kier molecular flexibility index (Phi) is 5.32. The Labute approximate surface area is 137 Å². The molecule has 3 nitrogen and oxygen atoms in total. The fourth-order valence-electron chi connectivity index (χ4n) is 1.98. The highest BCUT2D eigenvalue weighted by Gasteiger charge is 2.17. The first-order chi connectivity index (χ1) is 10.3. The van der Waals surface area contributed by atoms with Crippen LogP contribution in [0.25, 0.3) is 0 Å². The van der Waals surface area contributed by atoms with Crippen LogP contribution >= 0.6 is 11.8 Å². The van der Waals surface area contributed by atoms with Gasteiger partial charge in [0.05, 0.1) is 4.90 Å². The summed E-state index contributed by atoms with van der Waals surface area (Å²) >= 11 is 1.72. The molecule has 5 heteroatoms. The maximum Gasteiger partial charge on any atom is 0.242 e. The van der Waals surface area contributed by atoms with E-state index in [1.165, 1.54) is 20.3 Å². The topological polar surface area (TPSA) is 37.4 Å². The molecule has 0 fully saturated rings. The van der Waals surface area contributed by atoms with Gasteiger partial charge >= 0.3 is 0 Å². The molecule has 0 spiro atoms. The van der Waals surface area contributed by atoms with E-state index in [9.17, 15) is 8.42 Å². The van der Waals surface area contributed by atoms with Crippen molar-refractivity contribution in [2.24, 2.45) is 0 Å². The van der Waals surface area contributed by atoms with Gasteiger partial charge in [-0.2, -0.15) is 0 Å². The van der Waals surface area contributed by atoms with E-state index in [1.54, 1.807) is 44.1 Å². The SMILES string of the molecule is Cc1ccc(SCc2cccc(S(=O)(=O)N(C)C)c2)cc1C. The number of rotatable bonds is 5. The minimum Gasteiger partial charge on any atom is -0.207 e. The molecule has 0 aliphatic rings. The molecule has 2 rings (SSSR count). The van der Waals surface area contributed by atoms with Gasteiger partial charge in [0, 0.05) is 24.7 Å². The summed E-state index contributed by atoms with van der Waals surface area (Å²) in [7, 11) is -0.276. The summed E-state index contributed by atoms with van der Waals surface area (Å²) in [5.74, 6) is 0.749. The molecule has 0 bridgehead atoms. The largest absolute Gasteiger partial charge is 0.242 e. The van der Waals surface area contributed by atoms with Crippen LogP contribution in [0, 0.1) is 13.8 Å². The molecule has 2 aromatic carbocycles. The van der Waals surface area contributed by atoms with Crippen molar-refractivity contribution in [2.75, 3.05) is 14.1 Å². The lowest BCUT2D eigenvalue weighted by Gasteiger charge is -2.12. The van der Waals surface area contributed by atoms with E-state index in [4.69, 9.17) is 0 Å². The summed E-state index contributed by atoms with van der Waals surface area (Å²) in [5, 5.41) is 0. The van der Waals surface area contributed by atoms with E-state index in [0.29, 0.717) is 4.90 Å². The molecule has 0 aliphatic heterocycles. The summed E-state index contributed by atoms with van der Waals surface area (Å²) in [6.45, 7) is 4.20. The molecule has 0 aromatic heterocycles. The fourth-order valence-corrected chi connectivity index (χ4v) is 3.89. The van der Waals surface area contributed by atoms with Gasteiger partial charge in [0.25, 0.3) is 0 Å². The highest BCUT2D eigenvalue weighted by atomic mass is 32.2. The van der Waals surface area contributed by atoms with E-state index in [-0.39, 0.29) is 0 Å². The highest BCUT2D eigenvalue weighted by Crippen LogP contribution is 2.26. The highest BCUT2D eigenvalue weighted by molar-refractivity contribution is 7.98. The van der Waals surface area contributed by atoms with Crippen molar-refractivity contribution in [3.05, 3.63) is 59.2 Å². The van der Waals surface area contributed by atoms with E-state index >= 15 is 0 Å². The maximum atomic E-state index is 12.2. The van der Waals surface area contributed by atoms with Crippen LogP contribution in [0.15, 0.2) is 52.3 Å². The molecule has 0 radical (unpaired) electrons. The van der Waals surface area contributed by atoms with Crippen LogP contribution in [0.1, 0.15) is 16.7 Å². The van der Waals surface area contributed by atoms with Crippen LogP contribution in [0.5, 0.6) is 0 Å². The number of aryl methyl sites for hydroxylation is 2. The first-order valence-electron chi connectivity index (χ1n) is 7.02. The quantitative estimate of drug-likeness (QED) is 0.779. The predicted octanol–water partition coefficient (Wildman–Crippen LogP) is 3.85. The van der Waals surface area contributed by atoms with Crippen molar-refractivity contribution >= 4 is 21.8 Å². The van der Waals surface area contributed by atoms with Crippen molar-refractivity contribution in [1.29, 1.82) is 0 Å². The second-order valence-corrected chi connectivity index (χ2v) is 8.67. The van der Waals surface area contributed by atoms with Gasteiger partial charge in [-0.3, -0.25) is 0 Å². The predicted molar refractivity (Wildman–Crippen MR) is 92.8 cm³/mol.